The van der Waals surface area contributed by atoms with Crippen LogP contribution in [-0.4, -0.2) is 91.1 Å². The normalized spacial score (nSPS) is 10.9. The largest absolute Gasteiger partial charge is 0.468 e. The number of carbonyl (C=O) groups is 3. The van der Waals surface area contributed by atoms with Gasteiger partial charge in [-0.1, -0.05) is 6.92 Å². The first kappa shape index (κ1) is 34.4. The number of aliphatic hydroxyl groups is 1. The molecule has 0 atom stereocenters. The van der Waals surface area contributed by atoms with E-state index < -0.39 is 98.0 Å². The number of aliphatic hydroxyl groups excluding tert-OH is 1. The van der Waals surface area contributed by atoms with Crippen LogP contribution in [0, 0.1) is 0 Å². The van der Waals surface area contributed by atoms with E-state index in [2.05, 4.69) is 4.74 Å². The number of hydrogen-bond donors (Lipinski definition) is 1. The van der Waals surface area contributed by atoms with Gasteiger partial charge in [0.05, 0.1) is 46.6 Å². The Balaban J connectivity index is 2.38. The molecule has 0 spiro atoms. The molecule has 0 unspecified atom stereocenters. The van der Waals surface area contributed by atoms with Gasteiger partial charge in [-0.3, -0.25) is 14.4 Å². The molecule has 2 heterocycles. The topological polar surface area (TPSA) is 240 Å². The predicted molar refractivity (Wildman–Crippen MR) is 142 cm³/mol. The SMILES string of the molecule is CCCOC(=O)Cn1c(=O)n(CC(=O)OC)c(=O)n(CC(=O)OCCn2c(=O)n(CCO)c(=O)n(CCOC)c2=O)c1=O. The Labute approximate surface area is 240 Å². The van der Waals surface area contributed by atoms with Gasteiger partial charge in [0.15, 0.2) is 0 Å². The molecule has 2 aromatic rings. The van der Waals surface area contributed by atoms with Crippen LogP contribution in [0.4, 0.5) is 0 Å². The van der Waals surface area contributed by atoms with Crippen molar-refractivity contribution in [2.75, 3.05) is 40.6 Å². The summed E-state index contributed by atoms with van der Waals surface area (Å²) in [6.07, 6.45) is 0.439. The van der Waals surface area contributed by atoms with Gasteiger partial charge in [-0.15, -0.1) is 0 Å². The molecule has 238 valence electrons. The summed E-state index contributed by atoms with van der Waals surface area (Å²) >= 11 is 0. The van der Waals surface area contributed by atoms with Crippen LogP contribution in [-0.2, 0) is 72.6 Å². The number of methoxy groups -OCH3 is 2. The molecule has 2 aromatic heterocycles. The third-order valence-corrected chi connectivity index (χ3v) is 5.75. The molecule has 0 fully saturated rings. The number of aromatic nitrogens is 6. The molecule has 0 saturated heterocycles. The Kier molecular flexibility index (Phi) is 12.8. The highest BCUT2D eigenvalue weighted by atomic mass is 16.5. The second kappa shape index (κ2) is 16.0. The van der Waals surface area contributed by atoms with Gasteiger partial charge in [0.2, 0.25) is 0 Å². The highest BCUT2D eigenvalue weighted by Gasteiger charge is 2.22. The molecule has 1 N–H and O–H groups in total. The van der Waals surface area contributed by atoms with Crippen molar-refractivity contribution < 1.29 is 38.4 Å². The first-order valence-corrected chi connectivity index (χ1v) is 12.8. The number of nitrogens with zero attached hydrogens (tertiary/aromatic N) is 6. The molecule has 0 aliphatic heterocycles. The van der Waals surface area contributed by atoms with Crippen molar-refractivity contribution in [2.45, 2.75) is 52.6 Å². The maximum Gasteiger partial charge on any atom is 0.337 e. The zero-order chi connectivity index (χ0) is 32.3. The summed E-state index contributed by atoms with van der Waals surface area (Å²) in [6, 6.07) is 0. The lowest BCUT2D eigenvalue weighted by Crippen LogP contribution is -2.56. The van der Waals surface area contributed by atoms with Gasteiger partial charge in [0.1, 0.15) is 26.2 Å². The van der Waals surface area contributed by atoms with Gasteiger partial charge in [0, 0.05) is 7.11 Å². The van der Waals surface area contributed by atoms with Crippen LogP contribution in [0.15, 0.2) is 28.8 Å². The Hall–Kier alpha value is -4.85. The van der Waals surface area contributed by atoms with E-state index in [0.717, 1.165) is 7.11 Å². The Morgan fingerprint density at radius 1 is 0.558 bits per heavy atom. The average molecular weight is 617 g/mol. The molecular weight excluding hydrogens is 584 g/mol. The van der Waals surface area contributed by atoms with Crippen LogP contribution in [0.1, 0.15) is 13.3 Å². The third kappa shape index (κ3) is 8.35. The molecule has 20 nitrogen and oxygen atoms in total. The predicted octanol–water partition coefficient (Wildman–Crippen LogP) is -5.33. The van der Waals surface area contributed by atoms with E-state index in [1.807, 2.05) is 0 Å². The quantitative estimate of drug-likeness (QED) is 0.137. The van der Waals surface area contributed by atoms with Crippen molar-refractivity contribution in [3.63, 3.8) is 0 Å². The number of rotatable bonds is 16. The van der Waals surface area contributed by atoms with Crippen molar-refractivity contribution in [2.24, 2.45) is 0 Å². The Morgan fingerprint density at radius 3 is 1.33 bits per heavy atom. The number of hydrogen-bond acceptors (Lipinski definition) is 14. The zero-order valence-corrected chi connectivity index (χ0v) is 23.7. The molecule has 2 rings (SSSR count). The highest BCUT2D eigenvalue weighted by Crippen LogP contribution is 1.89. The van der Waals surface area contributed by atoms with E-state index in [1.54, 1.807) is 6.92 Å². The smallest absolute Gasteiger partial charge is 0.337 e. The maximum absolute atomic E-state index is 12.9. The Morgan fingerprint density at radius 2 is 0.930 bits per heavy atom. The van der Waals surface area contributed by atoms with Crippen LogP contribution < -0.4 is 34.1 Å². The first-order chi connectivity index (χ1) is 20.4. The van der Waals surface area contributed by atoms with Crippen molar-refractivity contribution in [3.8, 4) is 0 Å². The summed E-state index contributed by atoms with van der Waals surface area (Å²) in [5.41, 5.74) is -7.20. The van der Waals surface area contributed by atoms with Gasteiger partial charge < -0.3 is 24.1 Å². The summed E-state index contributed by atoms with van der Waals surface area (Å²) in [6.45, 7) is -3.80. The fourth-order valence-electron chi connectivity index (χ4n) is 3.64. The summed E-state index contributed by atoms with van der Waals surface area (Å²) in [7, 11) is 2.31. The third-order valence-electron chi connectivity index (χ3n) is 5.75. The Bertz CT molecular complexity index is 1690. The fourth-order valence-corrected chi connectivity index (χ4v) is 3.64. The van der Waals surface area contributed by atoms with E-state index in [9.17, 15) is 48.3 Å². The summed E-state index contributed by atoms with van der Waals surface area (Å²) in [5, 5.41) is 9.22. The van der Waals surface area contributed by atoms with E-state index >= 15 is 0 Å². The van der Waals surface area contributed by atoms with E-state index in [-0.39, 0.29) is 28.9 Å². The number of ether oxygens (including phenoxy) is 4. The molecular formula is C23H32N6O14. The lowest BCUT2D eigenvalue weighted by Gasteiger charge is -2.14. The van der Waals surface area contributed by atoms with Crippen molar-refractivity contribution in [3.05, 3.63) is 62.9 Å². The van der Waals surface area contributed by atoms with Crippen molar-refractivity contribution in [1.82, 2.24) is 27.4 Å². The molecule has 43 heavy (non-hydrogen) atoms. The van der Waals surface area contributed by atoms with E-state index in [0.29, 0.717) is 24.7 Å². The zero-order valence-electron chi connectivity index (χ0n) is 23.7. The minimum Gasteiger partial charge on any atom is -0.468 e. The van der Waals surface area contributed by atoms with Gasteiger partial charge in [0.25, 0.3) is 0 Å². The number of esters is 3. The van der Waals surface area contributed by atoms with Crippen LogP contribution in [0.3, 0.4) is 0 Å². The van der Waals surface area contributed by atoms with Gasteiger partial charge in [-0.05, 0) is 6.42 Å². The standard InChI is InChI=1S/C23H32N6O14/c1-4-9-42-16(32)13-28-21(37)27(12-15(31)41-3)22(38)29(23(28)39)14-17(33)43-11-7-26-19(35)24(5-8-30)18(34)25(20(26)36)6-10-40-2/h30H,4-14H2,1-3H3. The van der Waals surface area contributed by atoms with Gasteiger partial charge >= 0.3 is 52.0 Å². The summed E-state index contributed by atoms with van der Waals surface area (Å²) in [5.74, 6) is -3.28. The molecule has 0 bridgehead atoms. The van der Waals surface area contributed by atoms with E-state index in [4.69, 9.17) is 14.2 Å². The van der Waals surface area contributed by atoms with Crippen molar-refractivity contribution >= 4 is 17.9 Å². The van der Waals surface area contributed by atoms with E-state index in [1.165, 1.54) is 7.11 Å². The molecule has 0 aliphatic rings. The minimum absolute atomic E-state index is 0.0199. The first-order valence-electron chi connectivity index (χ1n) is 12.8. The van der Waals surface area contributed by atoms with Gasteiger partial charge in [-0.2, -0.15) is 0 Å². The lowest BCUT2D eigenvalue weighted by atomic mass is 10.5. The monoisotopic (exact) mass is 616 g/mol. The van der Waals surface area contributed by atoms with Crippen LogP contribution >= 0.6 is 0 Å². The molecule has 0 amide bonds. The van der Waals surface area contributed by atoms with Crippen LogP contribution in [0.5, 0.6) is 0 Å². The second-order valence-electron chi connectivity index (χ2n) is 8.64. The van der Waals surface area contributed by atoms with Crippen LogP contribution in [0.2, 0.25) is 0 Å². The molecule has 0 aromatic carbocycles. The maximum atomic E-state index is 12.9. The average Bonchev–Trinajstić information content (AvgIpc) is 2.98. The van der Waals surface area contributed by atoms with Crippen LogP contribution in [0.25, 0.3) is 0 Å². The van der Waals surface area contributed by atoms with Crippen molar-refractivity contribution in [1.29, 1.82) is 0 Å². The van der Waals surface area contributed by atoms with Gasteiger partial charge in [-0.25, -0.2) is 56.2 Å². The minimum atomic E-state index is -1.39. The fraction of sp³-hybridized carbons (Fsp3) is 0.609. The highest BCUT2D eigenvalue weighted by molar-refractivity contribution is 5.70. The molecule has 20 heteroatoms. The second-order valence-corrected chi connectivity index (χ2v) is 8.64. The number of carbonyl (C=O) groups excluding carboxylic acids is 3. The molecule has 0 saturated carbocycles. The summed E-state index contributed by atoms with van der Waals surface area (Å²) < 4.78 is 21.8. The lowest BCUT2D eigenvalue weighted by molar-refractivity contribution is -0.145. The summed E-state index contributed by atoms with van der Waals surface area (Å²) in [4.78, 5) is 113. The molecule has 0 aliphatic carbocycles. The molecule has 0 radical (unpaired) electrons.